The van der Waals surface area contributed by atoms with Crippen molar-refractivity contribution < 1.29 is 37.3 Å². The van der Waals surface area contributed by atoms with Crippen LogP contribution in [0.1, 0.15) is 16.7 Å². The van der Waals surface area contributed by atoms with Crippen LogP contribution in [0.2, 0.25) is 0 Å². The Hall–Kier alpha value is -1.77. The zero-order chi connectivity index (χ0) is 14.2. The SMILES string of the molecule is N#[N+]c1c(C(N)=O)ncn1[C@@H]1O[C@H](CO)[C@@H](O)[C@H]1O.[Cl-]. The first-order valence-electron chi connectivity index (χ1n) is 5.35. The molecule has 0 radical (unpaired) electrons. The number of rotatable bonds is 3. The Kier molecular flexibility index (Phi) is 4.98. The zero-order valence-electron chi connectivity index (χ0n) is 10.00. The summed E-state index contributed by atoms with van der Waals surface area (Å²) in [6.07, 6.45) is -3.77. The number of primary amides is 1. The summed E-state index contributed by atoms with van der Waals surface area (Å²) >= 11 is 0. The number of carbonyl (C=O) groups excluding carboxylic acids is 1. The van der Waals surface area contributed by atoms with E-state index in [1.54, 1.807) is 0 Å². The Bertz CT molecular complexity index is 543. The Balaban J connectivity index is 0.00000200. The maximum atomic E-state index is 11.1. The second kappa shape index (κ2) is 6.12. The number of diazo groups is 1. The standard InChI is InChI=1S/C9H11N5O5.ClH/c10-7(18)4-8(13-11)14(2-12-4)9-6(17)5(16)3(1-15)19-9;/h2-3,5-6,9,15-17H,1H2,(H-,10,18);1H/t3-,5-,6-,9-;/m1./s1. The number of nitrogens with zero attached hydrogens (tertiary/aromatic N) is 4. The first-order valence-corrected chi connectivity index (χ1v) is 5.35. The van der Waals surface area contributed by atoms with E-state index in [2.05, 4.69) is 9.96 Å². The van der Waals surface area contributed by atoms with E-state index in [1.807, 2.05) is 0 Å². The second-order valence-electron chi connectivity index (χ2n) is 4.02. The van der Waals surface area contributed by atoms with Crippen LogP contribution in [-0.2, 0) is 4.74 Å². The van der Waals surface area contributed by atoms with Crippen molar-refractivity contribution in [1.29, 1.82) is 5.39 Å². The van der Waals surface area contributed by atoms with Crippen molar-refractivity contribution in [1.82, 2.24) is 9.55 Å². The molecule has 20 heavy (non-hydrogen) atoms. The minimum Gasteiger partial charge on any atom is -1.00 e. The average Bonchev–Trinajstić information content (AvgIpc) is 2.92. The lowest BCUT2D eigenvalue weighted by molar-refractivity contribution is -0.0517. The summed E-state index contributed by atoms with van der Waals surface area (Å²) in [5.74, 6) is -1.22. The molecule has 0 aliphatic carbocycles. The molecule has 0 aromatic carbocycles. The average molecular weight is 306 g/mol. The molecule has 1 aromatic heterocycles. The maximum Gasteiger partial charge on any atom is 0.459 e. The van der Waals surface area contributed by atoms with Crippen molar-refractivity contribution in [3.63, 3.8) is 0 Å². The van der Waals surface area contributed by atoms with Crippen molar-refractivity contribution in [3.8, 4) is 0 Å². The molecule has 0 bridgehead atoms. The summed E-state index contributed by atoms with van der Waals surface area (Å²) in [4.78, 5) is 17.6. The predicted octanol–water partition coefficient (Wildman–Crippen LogP) is -4.92. The van der Waals surface area contributed by atoms with Gasteiger partial charge in [-0.05, 0) is 0 Å². The quantitative estimate of drug-likeness (QED) is 0.407. The summed E-state index contributed by atoms with van der Waals surface area (Å²) in [5.41, 5.74) is 4.73. The van der Waals surface area contributed by atoms with Gasteiger partial charge in [0.1, 0.15) is 18.3 Å². The van der Waals surface area contributed by atoms with Gasteiger partial charge in [-0.2, -0.15) is 4.57 Å². The van der Waals surface area contributed by atoms with E-state index in [0.717, 1.165) is 10.9 Å². The lowest BCUT2D eigenvalue weighted by Crippen LogP contribution is -3.00. The first kappa shape index (κ1) is 16.3. The van der Waals surface area contributed by atoms with Crippen LogP contribution in [0.25, 0.3) is 4.98 Å². The molecule has 1 amide bonds. The molecule has 0 unspecified atom stereocenters. The molecule has 2 heterocycles. The molecule has 110 valence electrons. The van der Waals surface area contributed by atoms with Crippen LogP contribution in [0, 0.1) is 5.39 Å². The summed E-state index contributed by atoms with van der Waals surface area (Å²) in [6, 6.07) is 0. The highest BCUT2D eigenvalue weighted by molar-refractivity contribution is 5.95. The summed E-state index contributed by atoms with van der Waals surface area (Å²) < 4.78 is 6.25. The summed E-state index contributed by atoms with van der Waals surface area (Å²) in [6.45, 7) is -0.502. The summed E-state index contributed by atoms with van der Waals surface area (Å²) in [5, 5.41) is 37.3. The van der Waals surface area contributed by atoms with Gasteiger partial charge in [0.15, 0.2) is 6.33 Å². The molecule has 11 heteroatoms. The monoisotopic (exact) mass is 305 g/mol. The van der Waals surface area contributed by atoms with Crippen LogP contribution in [0.15, 0.2) is 6.33 Å². The van der Waals surface area contributed by atoms with Gasteiger partial charge in [0.05, 0.1) is 12.0 Å². The third kappa shape index (κ3) is 2.45. The van der Waals surface area contributed by atoms with Gasteiger partial charge in [-0.25, -0.2) is 4.98 Å². The minimum atomic E-state index is -1.38. The fraction of sp³-hybridized carbons (Fsp3) is 0.556. The number of aromatic nitrogens is 2. The molecular formula is C9H12ClN5O5. The van der Waals surface area contributed by atoms with Crippen LogP contribution in [0.4, 0.5) is 5.82 Å². The number of ether oxygens (including phenoxy) is 1. The number of imidazole rings is 1. The second-order valence-corrected chi connectivity index (χ2v) is 4.02. The number of hydrogen-bond donors (Lipinski definition) is 4. The van der Waals surface area contributed by atoms with Gasteiger partial charge >= 0.3 is 5.82 Å². The highest BCUT2D eigenvalue weighted by Crippen LogP contribution is 2.33. The van der Waals surface area contributed by atoms with Gasteiger partial charge in [-0.15, -0.1) is 0 Å². The molecule has 1 saturated heterocycles. The maximum absolute atomic E-state index is 11.1. The van der Waals surface area contributed by atoms with Gasteiger partial charge in [0.25, 0.3) is 5.91 Å². The molecular weight excluding hydrogens is 294 g/mol. The van der Waals surface area contributed by atoms with Crippen LogP contribution >= 0.6 is 0 Å². The van der Waals surface area contributed by atoms with Gasteiger partial charge in [-0.3, -0.25) is 4.79 Å². The molecule has 10 nitrogen and oxygen atoms in total. The van der Waals surface area contributed by atoms with Crippen LogP contribution in [-0.4, -0.2) is 55.7 Å². The molecule has 1 aliphatic heterocycles. The van der Waals surface area contributed by atoms with Crippen LogP contribution in [0.5, 0.6) is 0 Å². The van der Waals surface area contributed by atoms with E-state index in [0.29, 0.717) is 0 Å². The first-order chi connectivity index (χ1) is 9.01. The molecule has 1 fully saturated rings. The van der Waals surface area contributed by atoms with Crippen LogP contribution < -0.4 is 18.1 Å². The topological polar surface area (TPSA) is 159 Å². The van der Waals surface area contributed by atoms with E-state index in [9.17, 15) is 15.0 Å². The smallest absolute Gasteiger partial charge is 0.459 e. The number of nitrogens with two attached hydrogens (primary N) is 1. The Morgan fingerprint density at radius 1 is 1.55 bits per heavy atom. The minimum absolute atomic E-state index is 0. The van der Waals surface area contributed by atoms with Crippen LogP contribution in [0.3, 0.4) is 0 Å². The van der Waals surface area contributed by atoms with E-state index >= 15 is 0 Å². The lowest BCUT2D eigenvalue weighted by Gasteiger charge is -2.10. The Labute approximate surface area is 118 Å². The van der Waals surface area contributed by atoms with Crippen molar-refractivity contribution in [2.45, 2.75) is 24.5 Å². The van der Waals surface area contributed by atoms with E-state index in [-0.39, 0.29) is 23.9 Å². The highest BCUT2D eigenvalue weighted by Gasteiger charge is 2.48. The van der Waals surface area contributed by atoms with Crippen molar-refractivity contribution in [2.75, 3.05) is 6.61 Å². The van der Waals surface area contributed by atoms with Gasteiger partial charge in [0.2, 0.25) is 11.9 Å². The van der Waals surface area contributed by atoms with Crippen molar-refractivity contribution >= 4 is 11.7 Å². The Morgan fingerprint density at radius 2 is 2.20 bits per heavy atom. The fourth-order valence-corrected chi connectivity index (χ4v) is 1.92. The molecule has 1 aliphatic rings. The number of aliphatic hydroxyl groups excluding tert-OH is 3. The molecule has 5 N–H and O–H groups in total. The highest BCUT2D eigenvalue weighted by atomic mass is 35.5. The van der Waals surface area contributed by atoms with E-state index in [4.69, 9.17) is 21.0 Å². The predicted molar refractivity (Wildman–Crippen MR) is 58.5 cm³/mol. The zero-order valence-corrected chi connectivity index (χ0v) is 10.8. The van der Waals surface area contributed by atoms with Crippen molar-refractivity contribution in [3.05, 3.63) is 17.0 Å². The normalized spacial score (nSPS) is 28.7. The van der Waals surface area contributed by atoms with Gasteiger partial charge in [0, 0.05) is 4.98 Å². The molecule has 2 rings (SSSR count). The van der Waals surface area contributed by atoms with Gasteiger partial charge in [-0.1, -0.05) is 0 Å². The number of amides is 1. The van der Waals surface area contributed by atoms with Gasteiger partial charge < -0.3 is 38.2 Å². The molecule has 1 aromatic rings. The summed E-state index contributed by atoms with van der Waals surface area (Å²) in [7, 11) is 0. The molecule has 4 atom stereocenters. The van der Waals surface area contributed by atoms with Crippen molar-refractivity contribution in [2.24, 2.45) is 5.73 Å². The fourth-order valence-electron chi connectivity index (χ4n) is 1.92. The molecule has 0 spiro atoms. The number of halogens is 1. The number of aliphatic hydroxyl groups is 3. The Morgan fingerprint density at radius 3 is 2.65 bits per heavy atom. The third-order valence-corrected chi connectivity index (χ3v) is 2.89. The lowest BCUT2D eigenvalue weighted by atomic mass is 10.1. The number of carbonyl (C=O) groups is 1. The number of hydrogen-bond acceptors (Lipinski definition) is 7. The van der Waals surface area contributed by atoms with E-state index < -0.39 is 37.1 Å². The third-order valence-electron chi connectivity index (χ3n) is 2.89. The largest absolute Gasteiger partial charge is 1.00 e. The van der Waals surface area contributed by atoms with E-state index in [1.165, 1.54) is 0 Å². The molecule has 0 saturated carbocycles.